The molecule has 114 valence electrons. The molecule has 3 atom stereocenters. The van der Waals surface area contributed by atoms with Crippen molar-refractivity contribution >= 4 is 0 Å². The summed E-state index contributed by atoms with van der Waals surface area (Å²) in [7, 11) is 2.06. The van der Waals surface area contributed by atoms with Crippen LogP contribution in [0.25, 0.3) is 0 Å². The van der Waals surface area contributed by atoms with Crippen LogP contribution in [0.15, 0.2) is 24.3 Å². The van der Waals surface area contributed by atoms with Gasteiger partial charge in [-0.2, -0.15) is 0 Å². The fourth-order valence-corrected chi connectivity index (χ4v) is 4.40. The van der Waals surface area contributed by atoms with Crippen molar-refractivity contribution in [1.82, 2.24) is 5.32 Å². The third-order valence-corrected chi connectivity index (χ3v) is 5.43. The van der Waals surface area contributed by atoms with Crippen LogP contribution in [0, 0.1) is 11.3 Å². The van der Waals surface area contributed by atoms with Crippen molar-refractivity contribution in [3.8, 4) is 5.75 Å². The number of nitrogens with one attached hydrogen (secondary N) is 1. The van der Waals surface area contributed by atoms with Gasteiger partial charge in [-0.1, -0.05) is 18.2 Å². The Bertz CT molecular complexity index is 489. The largest absolute Gasteiger partial charge is 0.490 e. The van der Waals surface area contributed by atoms with E-state index in [1.807, 2.05) is 0 Å². The van der Waals surface area contributed by atoms with E-state index in [4.69, 9.17) is 9.47 Å². The van der Waals surface area contributed by atoms with Crippen molar-refractivity contribution in [2.75, 3.05) is 20.2 Å². The number of rotatable bonds is 5. The van der Waals surface area contributed by atoms with Gasteiger partial charge in [0, 0.05) is 25.0 Å². The molecule has 1 N–H and O–H groups in total. The van der Waals surface area contributed by atoms with Crippen molar-refractivity contribution < 1.29 is 9.47 Å². The van der Waals surface area contributed by atoms with Crippen molar-refractivity contribution in [2.24, 2.45) is 11.3 Å². The summed E-state index contributed by atoms with van der Waals surface area (Å²) >= 11 is 0. The summed E-state index contributed by atoms with van der Waals surface area (Å²) in [5.74, 6) is 1.88. The van der Waals surface area contributed by atoms with Gasteiger partial charge in [-0.25, -0.2) is 0 Å². The van der Waals surface area contributed by atoms with Gasteiger partial charge in [0.1, 0.15) is 11.9 Å². The van der Waals surface area contributed by atoms with Crippen LogP contribution in [-0.2, 0) is 11.2 Å². The minimum absolute atomic E-state index is 0.266. The lowest BCUT2D eigenvalue weighted by atomic mass is 9.74. The molecule has 0 spiro atoms. The summed E-state index contributed by atoms with van der Waals surface area (Å²) in [5.41, 5.74) is 1.63. The molecule has 1 aromatic carbocycles. The fourth-order valence-electron chi connectivity index (χ4n) is 4.40. The van der Waals surface area contributed by atoms with Gasteiger partial charge < -0.3 is 14.8 Å². The molecule has 2 heterocycles. The molecule has 2 fully saturated rings. The molecule has 3 unspecified atom stereocenters. The average molecular weight is 287 g/mol. The molecule has 4 rings (SSSR count). The maximum Gasteiger partial charge on any atom is 0.123 e. The Balaban J connectivity index is 1.51. The second-order valence-corrected chi connectivity index (χ2v) is 7.03. The molecule has 1 saturated carbocycles. The van der Waals surface area contributed by atoms with Gasteiger partial charge in [-0.05, 0) is 50.3 Å². The van der Waals surface area contributed by atoms with E-state index in [0.717, 1.165) is 37.7 Å². The number of benzene rings is 1. The van der Waals surface area contributed by atoms with E-state index in [2.05, 4.69) is 36.6 Å². The standard InChI is InChI=1S/C18H25NO2/c1-19-12-18(8-9-20-17(18)13-6-7-13)11-15-10-14-4-2-3-5-16(14)21-15/h2-5,13,15,17,19H,6-12H2,1H3. The maximum absolute atomic E-state index is 6.21. The lowest BCUT2D eigenvalue weighted by Gasteiger charge is -2.36. The summed E-state index contributed by atoms with van der Waals surface area (Å²) in [6, 6.07) is 8.48. The molecule has 1 saturated heterocycles. The highest BCUT2D eigenvalue weighted by Gasteiger charge is 2.52. The number of para-hydroxylation sites is 1. The highest BCUT2D eigenvalue weighted by atomic mass is 16.5. The Labute approximate surface area is 127 Å². The van der Waals surface area contributed by atoms with E-state index in [9.17, 15) is 0 Å². The molecule has 0 amide bonds. The van der Waals surface area contributed by atoms with Crippen LogP contribution in [0.1, 0.15) is 31.2 Å². The Morgan fingerprint density at radius 3 is 2.90 bits per heavy atom. The molecule has 0 aromatic heterocycles. The van der Waals surface area contributed by atoms with Gasteiger partial charge in [-0.15, -0.1) is 0 Å². The van der Waals surface area contributed by atoms with E-state index in [0.29, 0.717) is 12.2 Å². The molecule has 3 nitrogen and oxygen atoms in total. The molecule has 21 heavy (non-hydrogen) atoms. The third-order valence-electron chi connectivity index (χ3n) is 5.43. The van der Waals surface area contributed by atoms with Crippen molar-refractivity contribution in [3.63, 3.8) is 0 Å². The minimum Gasteiger partial charge on any atom is -0.490 e. The van der Waals surface area contributed by atoms with Crippen LogP contribution in [0.5, 0.6) is 5.75 Å². The first-order valence-corrected chi connectivity index (χ1v) is 8.31. The summed E-state index contributed by atoms with van der Waals surface area (Å²) in [4.78, 5) is 0. The van der Waals surface area contributed by atoms with E-state index >= 15 is 0 Å². The van der Waals surface area contributed by atoms with Gasteiger partial charge in [0.2, 0.25) is 0 Å². The Hall–Kier alpha value is -1.06. The van der Waals surface area contributed by atoms with Gasteiger partial charge in [-0.3, -0.25) is 0 Å². The average Bonchev–Trinajstić information content (AvgIpc) is 3.11. The van der Waals surface area contributed by atoms with Gasteiger partial charge in [0.05, 0.1) is 6.10 Å². The first-order valence-electron chi connectivity index (χ1n) is 8.31. The Morgan fingerprint density at radius 1 is 1.29 bits per heavy atom. The number of hydrogen-bond donors (Lipinski definition) is 1. The lowest BCUT2D eigenvalue weighted by molar-refractivity contribution is 0.0106. The lowest BCUT2D eigenvalue weighted by Crippen LogP contribution is -2.44. The highest BCUT2D eigenvalue weighted by Crippen LogP contribution is 2.50. The third kappa shape index (κ3) is 2.47. The zero-order valence-electron chi connectivity index (χ0n) is 12.8. The van der Waals surface area contributed by atoms with E-state index in [1.54, 1.807) is 0 Å². The van der Waals surface area contributed by atoms with Gasteiger partial charge in [0.15, 0.2) is 0 Å². The molecule has 3 aliphatic rings. The molecule has 1 aliphatic carbocycles. The second-order valence-electron chi connectivity index (χ2n) is 7.03. The molecule has 0 bridgehead atoms. The van der Waals surface area contributed by atoms with Crippen LogP contribution in [0.3, 0.4) is 0 Å². The van der Waals surface area contributed by atoms with Gasteiger partial charge in [0.25, 0.3) is 0 Å². The second kappa shape index (κ2) is 5.29. The predicted octanol–water partition coefficient (Wildman–Crippen LogP) is 2.78. The highest BCUT2D eigenvalue weighted by molar-refractivity contribution is 5.37. The summed E-state index contributed by atoms with van der Waals surface area (Å²) in [6.07, 6.45) is 6.80. The van der Waals surface area contributed by atoms with E-state index in [-0.39, 0.29) is 5.41 Å². The summed E-state index contributed by atoms with van der Waals surface area (Å²) < 4.78 is 12.3. The molecular weight excluding hydrogens is 262 g/mol. The normalized spacial score (nSPS) is 34.7. The number of ether oxygens (including phenoxy) is 2. The zero-order valence-corrected chi connectivity index (χ0v) is 12.8. The van der Waals surface area contributed by atoms with Crippen LogP contribution in [0.4, 0.5) is 0 Å². The first-order chi connectivity index (χ1) is 10.3. The molecule has 0 radical (unpaired) electrons. The van der Waals surface area contributed by atoms with Crippen molar-refractivity contribution in [3.05, 3.63) is 29.8 Å². The van der Waals surface area contributed by atoms with Crippen LogP contribution >= 0.6 is 0 Å². The molecular formula is C18H25NO2. The Kier molecular flexibility index (Phi) is 3.43. The summed E-state index contributed by atoms with van der Waals surface area (Å²) in [5, 5.41) is 3.42. The fraction of sp³-hybridized carbons (Fsp3) is 0.667. The van der Waals surface area contributed by atoms with E-state index < -0.39 is 0 Å². The molecule has 2 aliphatic heterocycles. The number of hydrogen-bond acceptors (Lipinski definition) is 3. The van der Waals surface area contributed by atoms with Crippen LogP contribution in [0.2, 0.25) is 0 Å². The quantitative estimate of drug-likeness (QED) is 0.903. The minimum atomic E-state index is 0.266. The topological polar surface area (TPSA) is 30.5 Å². The van der Waals surface area contributed by atoms with Crippen molar-refractivity contribution in [1.29, 1.82) is 0 Å². The molecule has 1 aromatic rings. The first kappa shape index (κ1) is 13.6. The molecule has 3 heteroatoms. The van der Waals surface area contributed by atoms with Crippen LogP contribution < -0.4 is 10.1 Å². The number of fused-ring (bicyclic) bond motifs is 1. The summed E-state index contributed by atoms with van der Waals surface area (Å²) in [6.45, 7) is 1.97. The van der Waals surface area contributed by atoms with E-state index in [1.165, 1.54) is 24.8 Å². The predicted molar refractivity (Wildman–Crippen MR) is 82.6 cm³/mol. The maximum atomic E-state index is 6.21. The van der Waals surface area contributed by atoms with Gasteiger partial charge >= 0.3 is 0 Å². The monoisotopic (exact) mass is 287 g/mol. The SMILES string of the molecule is CNCC1(CC2Cc3ccccc3O2)CCOC1C1CC1. The Morgan fingerprint density at radius 2 is 2.14 bits per heavy atom. The zero-order chi connectivity index (χ0) is 14.3. The smallest absolute Gasteiger partial charge is 0.123 e. The van der Waals surface area contributed by atoms with Crippen molar-refractivity contribution in [2.45, 2.75) is 44.3 Å². The van der Waals surface area contributed by atoms with Crippen LogP contribution in [-0.4, -0.2) is 32.4 Å².